The lowest BCUT2D eigenvalue weighted by Gasteiger charge is -2.38. The standard InChI is InChI=1S/C20H26N4O/c1-16-18(13-22-24(16)14-17-5-3-2-4-6-17)19(25)23-11-8-20(9-12-23)7-10-21-15-20/h2-6,13,21H,7-12,14-15H2,1H3. The molecule has 2 fully saturated rings. The van der Waals surface area contributed by atoms with E-state index in [1.165, 1.54) is 12.0 Å². The molecule has 2 saturated heterocycles. The summed E-state index contributed by atoms with van der Waals surface area (Å²) in [4.78, 5) is 15.0. The van der Waals surface area contributed by atoms with Crippen molar-refractivity contribution in [2.75, 3.05) is 26.2 Å². The monoisotopic (exact) mass is 338 g/mol. The predicted octanol–water partition coefficient (Wildman–Crippen LogP) is 2.46. The molecule has 5 nitrogen and oxygen atoms in total. The average molecular weight is 338 g/mol. The molecule has 1 N–H and O–H groups in total. The Morgan fingerprint density at radius 1 is 1.20 bits per heavy atom. The molecule has 25 heavy (non-hydrogen) atoms. The van der Waals surface area contributed by atoms with E-state index in [0.29, 0.717) is 12.0 Å². The summed E-state index contributed by atoms with van der Waals surface area (Å²) in [5, 5.41) is 7.93. The van der Waals surface area contributed by atoms with E-state index in [1.807, 2.05) is 34.7 Å². The Morgan fingerprint density at radius 3 is 2.64 bits per heavy atom. The molecule has 1 amide bonds. The van der Waals surface area contributed by atoms with Gasteiger partial charge in [0.1, 0.15) is 0 Å². The number of likely N-dealkylation sites (tertiary alicyclic amines) is 1. The SMILES string of the molecule is Cc1c(C(=O)N2CCC3(CCNC3)CC2)cnn1Cc1ccccc1. The maximum Gasteiger partial charge on any atom is 0.257 e. The van der Waals surface area contributed by atoms with Gasteiger partial charge in [-0.15, -0.1) is 0 Å². The van der Waals surface area contributed by atoms with Crippen molar-refractivity contribution >= 4 is 5.91 Å². The smallest absolute Gasteiger partial charge is 0.257 e. The molecule has 0 bridgehead atoms. The third kappa shape index (κ3) is 3.21. The Labute approximate surface area is 149 Å². The topological polar surface area (TPSA) is 50.2 Å². The van der Waals surface area contributed by atoms with E-state index in [2.05, 4.69) is 22.5 Å². The van der Waals surface area contributed by atoms with Crippen molar-refractivity contribution < 1.29 is 4.79 Å². The van der Waals surface area contributed by atoms with Gasteiger partial charge in [0.25, 0.3) is 5.91 Å². The van der Waals surface area contributed by atoms with Crippen LogP contribution in [0.15, 0.2) is 36.5 Å². The zero-order valence-corrected chi connectivity index (χ0v) is 14.9. The number of benzene rings is 1. The fourth-order valence-electron chi connectivity index (χ4n) is 4.15. The minimum Gasteiger partial charge on any atom is -0.339 e. The van der Waals surface area contributed by atoms with Gasteiger partial charge in [-0.3, -0.25) is 9.48 Å². The number of carbonyl (C=O) groups is 1. The normalized spacial score (nSPS) is 19.5. The van der Waals surface area contributed by atoms with Crippen molar-refractivity contribution in [3.05, 3.63) is 53.3 Å². The lowest BCUT2D eigenvalue weighted by molar-refractivity contribution is 0.0607. The van der Waals surface area contributed by atoms with Gasteiger partial charge in [-0.25, -0.2) is 0 Å². The van der Waals surface area contributed by atoms with Crippen LogP contribution in [0.5, 0.6) is 0 Å². The van der Waals surface area contributed by atoms with E-state index in [4.69, 9.17) is 0 Å². The van der Waals surface area contributed by atoms with Crippen molar-refractivity contribution in [1.82, 2.24) is 20.0 Å². The molecule has 0 radical (unpaired) electrons. The van der Waals surface area contributed by atoms with Crippen molar-refractivity contribution in [2.24, 2.45) is 5.41 Å². The lowest BCUT2D eigenvalue weighted by Crippen LogP contribution is -2.44. The summed E-state index contributed by atoms with van der Waals surface area (Å²) in [6, 6.07) is 10.2. The third-order valence-corrected chi connectivity index (χ3v) is 5.95. The summed E-state index contributed by atoms with van der Waals surface area (Å²) in [6.07, 6.45) is 5.22. The number of nitrogens with one attached hydrogen (secondary N) is 1. The van der Waals surface area contributed by atoms with Crippen molar-refractivity contribution in [3.8, 4) is 0 Å². The quantitative estimate of drug-likeness (QED) is 0.935. The summed E-state index contributed by atoms with van der Waals surface area (Å²) in [7, 11) is 0. The fourth-order valence-corrected chi connectivity index (χ4v) is 4.15. The highest BCUT2D eigenvalue weighted by atomic mass is 16.2. The molecule has 132 valence electrons. The van der Waals surface area contributed by atoms with E-state index in [1.54, 1.807) is 6.20 Å². The summed E-state index contributed by atoms with van der Waals surface area (Å²) >= 11 is 0. The van der Waals surface area contributed by atoms with Gasteiger partial charge in [-0.05, 0) is 43.7 Å². The van der Waals surface area contributed by atoms with Crippen LogP contribution in [0.4, 0.5) is 0 Å². The number of aromatic nitrogens is 2. The number of hydrogen-bond acceptors (Lipinski definition) is 3. The zero-order valence-electron chi connectivity index (χ0n) is 14.9. The average Bonchev–Trinajstić information content (AvgIpc) is 3.24. The van der Waals surface area contributed by atoms with Gasteiger partial charge in [0, 0.05) is 25.3 Å². The first-order chi connectivity index (χ1) is 12.2. The van der Waals surface area contributed by atoms with Crippen LogP contribution in [0.3, 0.4) is 0 Å². The van der Waals surface area contributed by atoms with Crippen LogP contribution in [-0.4, -0.2) is 46.8 Å². The Bertz CT molecular complexity index is 736. The van der Waals surface area contributed by atoms with Crippen molar-refractivity contribution in [1.29, 1.82) is 0 Å². The van der Waals surface area contributed by atoms with Crippen LogP contribution < -0.4 is 5.32 Å². The Morgan fingerprint density at radius 2 is 1.96 bits per heavy atom. The number of nitrogens with zero attached hydrogens (tertiary/aromatic N) is 3. The van der Waals surface area contributed by atoms with Crippen LogP contribution in [-0.2, 0) is 6.54 Å². The fraction of sp³-hybridized carbons (Fsp3) is 0.500. The van der Waals surface area contributed by atoms with Crippen LogP contribution in [0.25, 0.3) is 0 Å². The molecule has 1 aromatic heterocycles. The van der Waals surface area contributed by atoms with E-state index < -0.39 is 0 Å². The Hall–Kier alpha value is -2.14. The minimum atomic E-state index is 0.137. The minimum absolute atomic E-state index is 0.137. The molecule has 2 aliphatic heterocycles. The summed E-state index contributed by atoms with van der Waals surface area (Å²) in [5.74, 6) is 0.137. The predicted molar refractivity (Wildman–Crippen MR) is 97.6 cm³/mol. The second-order valence-electron chi connectivity index (χ2n) is 7.51. The summed E-state index contributed by atoms with van der Waals surface area (Å²) in [6.45, 7) is 6.67. The molecule has 2 aliphatic rings. The van der Waals surface area contributed by atoms with Gasteiger partial charge >= 0.3 is 0 Å². The highest BCUT2D eigenvalue weighted by molar-refractivity contribution is 5.95. The number of amides is 1. The highest BCUT2D eigenvalue weighted by Crippen LogP contribution is 2.37. The second-order valence-corrected chi connectivity index (χ2v) is 7.51. The van der Waals surface area contributed by atoms with Crippen LogP contribution >= 0.6 is 0 Å². The van der Waals surface area contributed by atoms with E-state index in [-0.39, 0.29) is 5.91 Å². The molecule has 1 aromatic carbocycles. The first-order valence-corrected chi connectivity index (χ1v) is 9.23. The molecule has 2 aromatic rings. The molecule has 0 unspecified atom stereocenters. The van der Waals surface area contributed by atoms with E-state index >= 15 is 0 Å². The first-order valence-electron chi connectivity index (χ1n) is 9.23. The van der Waals surface area contributed by atoms with E-state index in [9.17, 15) is 4.79 Å². The lowest BCUT2D eigenvalue weighted by atomic mass is 9.78. The van der Waals surface area contributed by atoms with Gasteiger partial charge in [-0.2, -0.15) is 5.10 Å². The molecular weight excluding hydrogens is 312 g/mol. The maximum absolute atomic E-state index is 12.9. The Balaban J connectivity index is 1.44. The molecule has 5 heteroatoms. The van der Waals surface area contributed by atoms with Crippen LogP contribution in [0.2, 0.25) is 0 Å². The molecule has 0 aliphatic carbocycles. The van der Waals surface area contributed by atoms with Crippen molar-refractivity contribution in [2.45, 2.75) is 32.7 Å². The van der Waals surface area contributed by atoms with Gasteiger partial charge in [0.05, 0.1) is 18.3 Å². The summed E-state index contributed by atoms with van der Waals surface area (Å²) in [5.41, 5.74) is 3.33. The van der Waals surface area contributed by atoms with Gasteiger partial charge < -0.3 is 10.2 Å². The molecule has 1 spiro atoms. The van der Waals surface area contributed by atoms with E-state index in [0.717, 1.165) is 50.3 Å². The van der Waals surface area contributed by atoms with Gasteiger partial charge in [0.2, 0.25) is 0 Å². The van der Waals surface area contributed by atoms with Gasteiger partial charge in [-0.1, -0.05) is 30.3 Å². The largest absolute Gasteiger partial charge is 0.339 e. The Kier molecular flexibility index (Phi) is 4.34. The molecule has 4 rings (SSSR count). The number of piperidine rings is 1. The van der Waals surface area contributed by atoms with Gasteiger partial charge in [0.15, 0.2) is 0 Å². The summed E-state index contributed by atoms with van der Waals surface area (Å²) < 4.78 is 1.93. The molecule has 0 saturated carbocycles. The number of hydrogen-bond donors (Lipinski definition) is 1. The van der Waals surface area contributed by atoms with Crippen LogP contribution in [0, 0.1) is 12.3 Å². The maximum atomic E-state index is 12.9. The second kappa shape index (κ2) is 6.64. The van der Waals surface area contributed by atoms with Crippen LogP contribution in [0.1, 0.15) is 40.9 Å². The molecule has 3 heterocycles. The number of carbonyl (C=O) groups excluding carboxylic acids is 1. The zero-order chi connectivity index (χ0) is 17.3. The first kappa shape index (κ1) is 16.3. The highest BCUT2D eigenvalue weighted by Gasteiger charge is 2.38. The molecule has 0 atom stereocenters. The molecular formula is C20H26N4O. The van der Waals surface area contributed by atoms with Crippen molar-refractivity contribution in [3.63, 3.8) is 0 Å². The number of rotatable bonds is 3. The third-order valence-electron chi connectivity index (χ3n) is 5.95.